The molecule has 2 aliphatic rings. The minimum atomic E-state index is 0.716. The number of hydrogen-bond donors (Lipinski definition) is 0. The molecule has 1 heteroatoms. The van der Waals surface area contributed by atoms with Gasteiger partial charge >= 0.3 is 0 Å². The quantitative estimate of drug-likeness (QED) is 0.532. The molecule has 0 aromatic heterocycles. The van der Waals surface area contributed by atoms with E-state index < -0.39 is 0 Å². The molecule has 0 aliphatic heterocycles. The third kappa shape index (κ3) is 1.36. The molecular weight excluding hydrogens is 168 g/mol. The zero-order valence-electron chi connectivity index (χ0n) is 7.15. The zero-order valence-corrected chi connectivity index (χ0v) is 7.90. The second-order valence-corrected chi connectivity index (χ2v) is 4.03. The van der Waals surface area contributed by atoms with E-state index >= 15 is 0 Å². The lowest BCUT2D eigenvalue weighted by Gasteiger charge is -2.27. The summed E-state index contributed by atoms with van der Waals surface area (Å²) in [6.45, 7) is 3.98. The van der Waals surface area contributed by atoms with E-state index in [-0.39, 0.29) is 0 Å². The monoisotopic (exact) mass is 180 g/mol. The molecule has 1 unspecified atom stereocenters. The van der Waals surface area contributed by atoms with Gasteiger partial charge in [0.15, 0.2) is 0 Å². The maximum Gasteiger partial charge on any atom is 0.0401 e. The minimum Gasteiger partial charge on any atom is -0.0958 e. The molecule has 64 valence electrons. The summed E-state index contributed by atoms with van der Waals surface area (Å²) in [5, 5.41) is 0.965. The van der Waals surface area contributed by atoms with Crippen LogP contribution in [0.2, 0.25) is 0 Å². The number of allylic oxidation sites excluding steroid dienone is 5. The number of hydrogen-bond acceptors (Lipinski definition) is 0. The Morgan fingerprint density at radius 1 is 1.42 bits per heavy atom. The van der Waals surface area contributed by atoms with Crippen molar-refractivity contribution >= 4 is 11.6 Å². The molecule has 0 fully saturated rings. The average Bonchev–Trinajstić information content (AvgIpc) is 2.07. The van der Waals surface area contributed by atoms with Crippen LogP contribution in [-0.4, -0.2) is 0 Å². The van der Waals surface area contributed by atoms with Crippen LogP contribution in [0.25, 0.3) is 0 Å². The highest BCUT2D eigenvalue weighted by atomic mass is 35.5. The van der Waals surface area contributed by atoms with Gasteiger partial charge in [0.2, 0.25) is 0 Å². The van der Waals surface area contributed by atoms with Gasteiger partial charge in [-0.25, -0.2) is 0 Å². The lowest BCUT2D eigenvalue weighted by atomic mass is 9.80. The third-order valence-electron chi connectivity index (χ3n) is 2.73. The van der Waals surface area contributed by atoms with E-state index in [1.807, 2.05) is 0 Å². The summed E-state index contributed by atoms with van der Waals surface area (Å²) in [6, 6.07) is 0. The molecule has 0 spiro atoms. The molecule has 0 heterocycles. The van der Waals surface area contributed by atoms with Crippen LogP contribution < -0.4 is 0 Å². The SMILES string of the molecule is C=C1C=C2C(Cl)=CCCC2CC1. The molecule has 2 rings (SSSR count). The van der Waals surface area contributed by atoms with Gasteiger partial charge in [0, 0.05) is 5.03 Å². The zero-order chi connectivity index (χ0) is 8.55. The fourth-order valence-corrected chi connectivity index (χ4v) is 2.34. The summed E-state index contributed by atoms with van der Waals surface area (Å²) in [6.07, 6.45) is 9.12. The first-order chi connectivity index (χ1) is 5.77. The van der Waals surface area contributed by atoms with Gasteiger partial charge in [-0.15, -0.1) is 0 Å². The Labute approximate surface area is 78.6 Å². The topological polar surface area (TPSA) is 0 Å². The van der Waals surface area contributed by atoms with Crippen LogP contribution >= 0.6 is 11.6 Å². The summed E-state index contributed by atoms with van der Waals surface area (Å²) >= 11 is 6.11. The molecule has 0 N–H and O–H groups in total. The Kier molecular flexibility index (Phi) is 2.10. The number of rotatable bonds is 0. The molecule has 12 heavy (non-hydrogen) atoms. The molecule has 0 saturated heterocycles. The Morgan fingerprint density at radius 2 is 2.25 bits per heavy atom. The van der Waals surface area contributed by atoms with Gasteiger partial charge in [-0.2, -0.15) is 0 Å². The molecule has 0 aromatic rings. The first-order valence-corrected chi connectivity index (χ1v) is 4.90. The molecular formula is C11H13Cl. The summed E-state index contributed by atoms with van der Waals surface area (Å²) in [5.74, 6) is 0.716. The lowest BCUT2D eigenvalue weighted by Crippen LogP contribution is -2.12. The Morgan fingerprint density at radius 3 is 3.08 bits per heavy atom. The Hall–Kier alpha value is -0.490. The second-order valence-electron chi connectivity index (χ2n) is 3.62. The summed E-state index contributed by atoms with van der Waals surface area (Å²) in [7, 11) is 0. The molecule has 0 aromatic carbocycles. The van der Waals surface area contributed by atoms with E-state index in [0.29, 0.717) is 5.92 Å². The van der Waals surface area contributed by atoms with Crippen LogP contribution in [-0.2, 0) is 0 Å². The molecule has 0 bridgehead atoms. The highest BCUT2D eigenvalue weighted by Crippen LogP contribution is 2.39. The highest BCUT2D eigenvalue weighted by molar-refractivity contribution is 6.32. The first kappa shape index (κ1) is 8.12. The fraction of sp³-hybridized carbons (Fsp3) is 0.455. The van der Waals surface area contributed by atoms with Crippen molar-refractivity contribution in [3.05, 3.63) is 34.9 Å². The van der Waals surface area contributed by atoms with E-state index in [4.69, 9.17) is 11.6 Å². The number of halogens is 1. The maximum absolute atomic E-state index is 6.11. The molecule has 0 amide bonds. The van der Waals surface area contributed by atoms with Crippen LogP contribution in [0.3, 0.4) is 0 Å². The van der Waals surface area contributed by atoms with E-state index in [9.17, 15) is 0 Å². The summed E-state index contributed by atoms with van der Waals surface area (Å²) in [4.78, 5) is 0. The van der Waals surface area contributed by atoms with Crippen molar-refractivity contribution in [2.45, 2.75) is 25.7 Å². The van der Waals surface area contributed by atoms with E-state index in [1.54, 1.807) is 0 Å². The van der Waals surface area contributed by atoms with Crippen molar-refractivity contribution in [1.82, 2.24) is 0 Å². The standard InChI is InChI=1S/C11H13Cl/c1-8-5-6-9-3-2-4-11(12)10(9)7-8/h4,7,9H,1-3,5-6H2. The van der Waals surface area contributed by atoms with Crippen molar-refractivity contribution in [2.24, 2.45) is 5.92 Å². The highest BCUT2D eigenvalue weighted by Gasteiger charge is 2.23. The predicted octanol–water partition coefficient (Wildman–Crippen LogP) is 3.80. The van der Waals surface area contributed by atoms with Crippen LogP contribution in [0.15, 0.2) is 34.9 Å². The van der Waals surface area contributed by atoms with Crippen LogP contribution in [0.4, 0.5) is 0 Å². The van der Waals surface area contributed by atoms with E-state index in [1.165, 1.54) is 24.0 Å². The van der Waals surface area contributed by atoms with Gasteiger partial charge in [-0.1, -0.05) is 35.9 Å². The van der Waals surface area contributed by atoms with Crippen molar-refractivity contribution < 1.29 is 0 Å². The normalized spacial score (nSPS) is 29.1. The van der Waals surface area contributed by atoms with Crippen LogP contribution in [0, 0.1) is 5.92 Å². The molecule has 2 aliphatic carbocycles. The minimum absolute atomic E-state index is 0.716. The van der Waals surface area contributed by atoms with Crippen molar-refractivity contribution in [3.63, 3.8) is 0 Å². The van der Waals surface area contributed by atoms with Gasteiger partial charge in [-0.3, -0.25) is 0 Å². The first-order valence-electron chi connectivity index (χ1n) is 4.53. The average molecular weight is 181 g/mol. The summed E-state index contributed by atoms with van der Waals surface area (Å²) in [5.41, 5.74) is 2.56. The second kappa shape index (κ2) is 3.10. The summed E-state index contributed by atoms with van der Waals surface area (Å²) < 4.78 is 0. The van der Waals surface area contributed by atoms with Gasteiger partial charge in [-0.05, 0) is 37.2 Å². The maximum atomic E-state index is 6.11. The van der Waals surface area contributed by atoms with Crippen molar-refractivity contribution in [1.29, 1.82) is 0 Å². The molecule has 0 nitrogen and oxygen atoms in total. The third-order valence-corrected chi connectivity index (χ3v) is 3.10. The Bertz CT molecular complexity index is 271. The van der Waals surface area contributed by atoms with Crippen LogP contribution in [0.5, 0.6) is 0 Å². The van der Waals surface area contributed by atoms with Gasteiger partial charge in [0.1, 0.15) is 0 Å². The molecule has 0 radical (unpaired) electrons. The largest absolute Gasteiger partial charge is 0.0958 e. The van der Waals surface area contributed by atoms with Gasteiger partial charge in [0.25, 0.3) is 0 Å². The van der Waals surface area contributed by atoms with Gasteiger partial charge in [0.05, 0.1) is 0 Å². The lowest BCUT2D eigenvalue weighted by molar-refractivity contribution is 0.506. The fourth-order valence-electron chi connectivity index (χ4n) is 2.02. The molecule has 1 atom stereocenters. The van der Waals surface area contributed by atoms with E-state index in [0.717, 1.165) is 17.9 Å². The van der Waals surface area contributed by atoms with Gasteiger partial charge < -0.3 is 0 Å². The Balaban J connectivity index is 2.35. The van der Waals surface area contributed by atoms with Crippen molar-refractivity contribution in [3.8, 4) is 0 Å². The van der Waals surface area contributed by atoms with Crippen molar-refractivity contribution in [2.75, 3.05) is 0 Å². The number of fused-ring (bicyclic) bond motifs is 1. The smallest absolute Gasteiger partial charge is 0.0401 e. The predicted molar refractivity (Wildman–Crippen MR) is 53.1 cm³/mol. The van der Waals surface area contributed by atoms with Crippen LogP contribution in [0.1, 0.15) is 25.7 Å². The molecule has 0 saturated carbocycles. The van der Waals surface area contributed by atoms with E-state index in [2.05, 4.69) is 18.7 Å².